The van der Waals surface area contributed by atoms with Crippen LogP contribution in [0.4, 0.5) is 0 Å². The molecule has 1 aromatic heterocycles. The number of thiazole rings is 1. The molecular weight excluding hydrogens is 480 g/mol. The maximum absolute atomic E-state index is 13.5. The van der Waals surface area contributed by atoms with Crippen LogP contribution in [0, 0.1) is 12.3 Å². The lowest BCUT2D eigenvalue weighted by atomic mass is 9.85. The van der Waals surface area contributed by atoms with Crippen LogP contribution < -0.4 is 10.6 Å². The number of aliphatic hydroxyl groups excluding tert-OH is 1. The van der Waals surface area contributed by atoms with Gasteiger partial charge < -0.3 is 25.4 Å². The third kappa shape index (κ3) is 6.89. The summed E-state index contributed by atoms with van der Waals surface area (Å²) in [6, 6.07) is 6.20. The molecule has 3 rings (SSSR count). The molecule has 0 bridgehead atoms. The third-order valence-electron chi connectivity index (χ3n) is 6.15. The van der Waals surface area contributed by atoms with Crippen LogP contribution >= 0.6 is 11.3 Å². The minimum absolute atomic E-state index is 0.0354. The van der Waals surface area contributed by atoms with Crippen molar-refractivity contribution < 1.29 is 24.2 Å². The van der Waals surface area contributed by atoms with Gasteiger partial charge in [0.25, 0.3) is 0 Å². The number of aryl methyl sites for hydroxylation is 1. The van der Waals surface area contributed by atoms with Gasteiger partial charge in [-0.15, -0.1) is 11.3 Å². The number of hydrogen-bond donors (Lipinski definition) is 3. The third-order valence-corrected chi connectivity index (χ3v) is 7.13. The van der Waals surface area contributed by atoms with Crippen molar-refractivity contribution in [1.82, 2.24) is 20.5 Å². The van der Waals surface area contributed by atoms with E-state index < -0.39 is 35.4 Å². The first kappa shape index (κ1) is 27.8. The first-order valence-electron chi connectivity index (χ1n) is 12.1. The SMILES string of the molecule is CCOCC(=O)N[C@H](C(=O)N1C[C@H](O)C[C@H]1C(=O)NCc1ccc(-c2scnc2C)cc1)C(C)(C)C. The molecule has 3 amide bonds. The minimum Gasteiger partial charge on any atom is -0.391 e. The highest BCUT2D eigenvalue weighted by Gasteiger charge is 2.44. The van der Waals surface area contributed by atoms with Gasteiger partial charge in [0.1, 0.15) is 18.7 Å². The first-order valence-corrected chi connectivity index (χ1v) is 13.0. The average Bonchev–Trinajstić information content (AvgIpc) is 3.44. The molecule has 3 atom stereocenters. The summed E-state index contributed by atoms with van der Waals surface area (Å²) in [6.07, 6.45) is -0.670. The highest BCUT2D eigenvalue weighted by Crippen LogP contribution is 2.28. The zero-order valence-corrected chi connectivity index (χ0v) is 22.4. The van der Waals surface area contributed by atoms with Crippen LogP contribution in [-0.4, -0.2) is 70.7 Å². The quantitative estimate of drug-likeness (QED) is 0.470. The van der Waals surface area contributed by atoms with Gasteiger partial charge in [-0.2, -0.15) is 0 Å². The number of hydrogen-bond acceptors (Lipinski definition) is 7. The molecule has 1 aromatic carbocycles. The summed E-state index contributed by atoms with van der Waals surface area (Å²) in [6.45, 7) is 9.85. The Hall–Kier alpha value is -2.82. The average molecular weight is 517 g/mol. The molecule has 0 saturated carbocycles. The van der Waals surface area contributed by atoms with E-state index in [0.29, 0.717) is 13.2 Å². The van der Waals surface area contributed by atoms with Crippen molar-refractivity contribution in [1.29, 1.82) is 0 Å². The Labute approximate surface area is 216 Å². The number of amides is 3. The van der Waals surface area contributed by atoms with Crippen LogP contribution in [-0.2, 0) is 25.7 Å². The number of benzene rings is 1. The van der Waals surface area contributed by atoms with E-state index in [1.165, 1.54) is 4.90 Å². The summed E-state index contributed by atoms with van der Waals surface area (Å²) in [5, 5.41) is 15.9. The molecule has 9 nitrogen and oxygen atoms in total. The molecular formula is C26H36N4O5S. The van der Waals surface area contributed by atoms with Gasteiger partial charge in [0, 0.05) is 26.1 Å². The summed E-state index contributed by atoms with van der Waals surface area (Å²) in [5.74, 6) is -1.13. The number of aromatic nitrogens is 1. The topological polar surface area (TPSA) is 121 Å². The standard InChI is InChI=1S/C26H36N4O5S/c1-6-35-14-21(32)29-23(26(3,4)5)25(34)30-13-19(31)11-20(30)24(33)27-12-17-7-9-18(10-8-17)22-16(2)28-15-36-22/h7-10,15,19-20,23,31H,6,11-14H2,1-5H3,(H,27,33)(H,29,32)/t19-,20+,23-/m1/s1. The molecule has 0 radical (unpaired) electrons. The van der Waals surface area contributed by atoms with Gasteiger partial charge in [0.15, 0.2) is 0 Å². The molecule has 1 aliphatic rings. The number of ether oxygens (including phenoxy) is 1. The number of nitrogens with one attached hydrogen (secondary N) is 2. The smallest absolute Gasteiger partial charge is 0.246 e. The second kappa shape index (κ2) is 11.9. The maximum Gasteiger partial charge on any atom is 0.246 e. The van der Waals surface area contributed by atoms with E-state index >= 15 is 0 Å². The van der Waals surface area contributed by atoms with E-state index in [1.54, 1.807) is 18.3 Å². The molecule has 0 unspecified atom stereocenters. The summed E-state index contributed by atoms with van der Waals surface area (Å²) in [7, 11) is 0. The van der Waals surface area contributed by atoms with E-state index in [-0.39, 0.29) is 25.5 Å². The molecule has 2 aromatic rings. The first-order chi connectivity index (χ1) is 17.0. The van der Waals surface area contributed by atoms with Crippen molar-refractivity contribution in [3.05, 3.63) is 41.0 Å². The van der Waals surface area contributed by atoms with E-state index in [4.69, 9.17) is 4.74 Å². The van der Waals surface area contributed by atoms with Gasteiger partial charge in [0.2, 0.25) is 17.7 Å². The molecule has 3 N–H and O–H groups in total. The number of aliphatic hydroxyl groups is 1. The van der Waals surface area contributed by atoms with Crippen molar-refractivity contribution in [3.8, 4) is 10.4 Å². The van der Waals surface area contributed by atoms with Gasteiger partial charge >= 0.3 is 0 Å². The molecule has 1 aliphatic heterocycles. The number of likely N-dealkylation sites (tertiary alicyclic amines) is 1. The lowest BCUT2D eigenvalue weighted by Crippen LogP contribution is -2.58. The largest absolute Gasteiger partial charge is 0.391 e. The molecule has 2 heterocycles. The van der Waals surface area contributed by atoms with E-state index in [1.807, 2.05) is 57.5 Å². The number of rotatable bonds is 9. The van der Waals surface area contributed by atoms with Crippen molar-refractivity contribution in [2.45, 2.75) is 65.8 Å². The maximum atomic E-state index is 13.5. The van der Waals surface area contributed by atoms with Crippen LogP contribution in [0.3, 0.4) is 0 Å². The van der Waals surface area contributed by atoms with Crippen LogP contribution in [0.1, 0.15) is 45.4 Å². The lowest BCUT2D eigenvalue weighted by molar-refractivity contribution is -0.144. The fraction of sp³-hybridized carbons (Fsp3) is 0.538. The molecule has 1 fully saturated rings. The van der Waals surface area contributed by atoms with Crippen molar-refractivity contribution in [3.63, 3.8) is 0 Å². The fourth-order valence-corrected chi connectivity index (χ4v) is 4.99. The van der Waals surface area contributed by atoms with E-state index in [2.05, 4.69) is 15.6 Å². The lowest BCUT2D eigenvalue weighted by Gasteiger charge is -2.35. The Bertz CT molecular complexity index is 1060. The summed E-state index contributed by atoms with van der Waals surface area (Å²) in [5.41, 5.74) is 4.18. The van der Waals surface area contributed by atoms with Crippen molar-refractivity contribution in [2.24, 2.45) is 5.41 Å². The van der Waals surface area contributed by atoms with Crippen LogP contribution in [0.25, 0.3) is 10.4 Å². The van der Waals surface area contributed by atoms with Gasteiger partial charge in [-0.05, 0) is 30.4 Å². The van der Waals surface area contributed by atoms with Crippen LogP contribution in [0.15, 0.2) is 29.8 Å². The number of carbonyl (C=O) groups excluding carboxylic acids is 3. The fourth-order valence-electron chi connectivity index (χ4n) is 4.18. The second-order valence-corrected chi connectivity index (χ2v) is 10.9. The second-order valence-electron chi connectivity index (χ2n) is 10.1. The Balaban J connectivity index is 1.66. The molecule has 0 aliphatic carbocycles. The zero-order chi connectivity index (χ0) is 26.5. The normalized spacial score (nSPS) is 18.7. The highest BCUT2D eigenvalue weighted by atomic mass is 32.1. The Morgan fingerprint density at radius 2 is 1.94 bits per heavy atom. The number of β-amino-alcohol motifs (C(OH)–C–C–N with tert-alkyl or cyclic N) is 1. The summed E-state index contributed by atoms with van der Waals surface area (Å²) in [4.78, 5) is 45.6. The minimum atomic E-state index is -0.867. The van der Waals surface area contributed by atoms with Gasteiger partial charge in [0.05, 0.1) is 22.2 Å². The van der Waals surface area contributed by atoms with Crippen LogP contribution in [0.5, 0.6) is 0 Å². The Kier molecular flexibility index (Phi) is 9.21. The van der Waals surface area contributed by atoms with Gasteiger partial charge in [-0.25, -0.2) is 4.98 Å². The highest BCUT2D eigenvalue weighted by molar-refractivity contribution is 7.13. The van der Waals surface area contributed by atoms with Crippen LogP contribution in [0.2, 0.25) is 0 Å². The van der Waals surface area contributed by atoms with Gasteiger partial charge in [-0.3, -0.25) is 14.4 Å². The van der Waals surface area contributed by atoms with Crippen molar-refractivity contribution in [2.75, 3.05) is 19.8 Å². The predicted octanol–water partition coefficient (Wildman–Crippen LogP) is 2.26. The number of nitrogens with zero attached hydrogens (tertiary/aromatic N) is 2. The van der Waals surface area contributed by atoms with E-state index in [0.717, 1.165) is 21.7 Å². The predicted molar refractivity (Wildman–Crippen MR) is 138 cm³/mol. The van der Waals surface area contributed by atoms with Crippen molar-refractivity contribution >= 4 is 29.1 Å². The molecule has 36 heavy (non-hydrogen) atoms. The summed E-state index contributed by atoms with van der Waals surface area (Å²) < 4.78 is 5.15. The molecule has 196 valence electrons. The molecule has 0 spiro atoms. The summed E-state index contributed by atoms with van der Waals surface area (Å²) >= 11 is 1.58. The number of carbonyl (C=O) groups is 3. The zero-order valence-electron chi connectivity index (χ0n) is 21.5. The molecule has 1 saturated heterocycles. The van der Waals surface area contributed by atoms with Gasteiger partial charge in [-0.1, -0.05) is 45.0 Å². The Morgan fingerprint density at radius 3 is 2.53 bits per heavy atom. The monoisotopic (exact) mass is 516 g/mol. The Morgan fingerprint density at radius 1 is 1.25 bits per heavy atom. The van der Waals surface area contributed by atoms with E-state index in [9.17, 15) is 19.5 Å². The molecule has 10 heteroatoms.